The van der Waals surface area contributed by atoms with Gasteiger partial charge in [-0.1, -0.05) is 26.0 Å². The summed E-state index contributed by atoms with van der Waals surface area (Å²) in [6.07, 6.45) is 5.91. The van der Waals surface area contributed by atoms with Crippen molar-refractivity contribution < 1.29 is 0 Å². The lowest BCUT2D eigenvalue weighted by Crippen LogP contribution is -2.51. The quantitative estimate of drug-likeness (QED) is 0.562. The van der Waals surface area contributed by atoms with Crippen LogP contribution in [0.2, 0.25) is 0 Å². The first-order valence-corrected chi connectivity index (χ1v) is 5.36. The Balaban J connectivity index is 2.77. The first-order valence-electron chi connectivity index (χ1n) is 5.36. The molecule has 1 heteroatoms. The van der Waals surface area contributed by atoms with Crippen molar-refractivity contribution in [1.82, 2.24) is 4.90 Å². The minimum Gasteiger partial charge on any atom is -0.292 e. The molecule has 1 aliphatic rings. The van der Waals surface area contributed by atoms with Crippen molar-refractivity contribution in [1.29, 1.82) is 0 Å². The maximum Gasteiger partial charge on any atom is 0.0306 e. The number of nitrogens with zero attached hydrogens (tertiary/aromatic N) is 1. The van der Waals surface area contributed by atoms with E-state index in [-0.39, 0.29) is 0 Å². The van der Waals surface area contributed by atoms with E-state index in [1.165, 1.54) is 13.0 Å². The van der Waals surface area contributed by atoms with Gasteiger partial charge < -0.3 is 0 Å². The van der Waals surface area contributed by atoms with Gasteiger partial charge in [0.05, 0.1) is 0 Å². The largest absolute Gasteiger partial charge is 0.292 e. The van der Waals surface area contributed by atoms with Crippen molar-refractivity contribution in [3.63, 3.8) is 0 Å². The van der Waals surface area contributed by atoms with Crippen LogP contribution in [0.15, 0.2) is 12.2 Å². The molecular weight excluding hydrogens is 158 g/mol. The molecule has 1 nitrogen and oxygen atoms in total. The fourth-order valence-electron chi connectivity index (χ4n) is 2.07. The average molecular weight is 181 g/mol. The molecule has 0 N–H and O–H groups in total. The van der Waals surface area contributed by atoms with Crippen LogP contribution < -0.4 is 0 Å². The SMILES string of the molecule is CC(C)C1C=CCCN1C(C)(C)C. The van der Waals surface area contributed by atoms with E-state index in [0.717, 1.165) is 5.92 Å². The van der Waals surface area contributed by atoms with E-state index in [1.807, 2.05) is 0 Å². The van der Waals surface area contributed by atoms with Gasteiger partial charge in [0, 0.05) is 18.1 Å². The van der Waals surface area contributed by atoms with Crippen LogP contribution in [-0.4, -0.2) is 23.0 Å². The highest BCUT2D eigenvalue weighted by molar-refractivity contribution is 5.03. The van der Waals surface area contributed by atoms with Gasteiger partial charge in [-0.05, 0) is 33.1 Å². The Bertz CT molecular complexity index is 186. The molecule has 0 aromatic carbocycles. The predicted octanol–water partition coefficient (Wildman–Crippen LogP) is 3.07. The Morgan fingerprint density at radius 2 is 1.92 bits per heavy atom. The monoisotopic (exact) mass is 181 g/mol. The van der Waals surface area contributed by atoms with Gasteiger partial charge in [-0.15, -0.1) is 0 Å². The lowest BCUT2D eigenvalue weighted by molar-refractivity contribution is 0.0773. The van der Waals surface area contributed by atoms with E-state index in [4.69, 9.17) is 0 Å². The zero-order valence-electron chi connectivity index (χ0n) is 9.67. The maximum atomic E-state index is 2.61. The van der Waals surface area contributed by atoms with Gasteiger partial charge in [0.2, 0.25) is 0 Å². The van der Waals surface area contributed by atoms with Gasteiger partial charge in [-0.25, -0.2) is 0 Å². The topological polar surface area (TPSA) is 3.24 Å². The second kappa shape index (κ2) is 3.83. The Hall–Kier alpha value is -0.300. The molecule has 1 aliphatic heterocycles. The van der Waals surface area contributed by atoms with Crippen molar-refractivity contribution in [2.45, 2.75) is 52.6 Å². The van der Waals surface area contributed by atoms with Crippen LogP contribution in [0.3, 0.4) is 0 Å². The van der Waals surface area contributed by atoms with E-state index >= 15 is 0 Å². The molecule has 13 heavy (non-hydrogen) atoms. The van der Waals surface area contributed by atoms with Crippen molar-refractivity contribution in [2.75, 3.05) is 6.54 Å². The van der Waals surface area contributed by atoms with E-state index < -0.39 is 0 Å². The lowest BCUT2D eigenvalue weighted by atomic mass is 9.92. The summed E-state index contributed by atoms with van der Waals surface area (Å²) in [4.78, 5) is 2.61. The van der Waals surface area contributed by atoms with Crippen LogP contribution in [0.1, 0.15) is 41.0 Å². The Morgan fingerprint density at radius 1 is 1.31 bits per heavy atom. The fraction of sp³-hybridized carbons (Fsp3) is 0.833. The summed E-state index contributed by atoms with van der Waals surface area (Å²) in [6.45, 7) is 12.7. The molecule has 1 heterocycles. The summed E-state index contributed by atoms with van der Waals surface area (Å²) >= 11 is 0. The second-order valence-corrected chi connectivity index (χ2v) is 5.32. The molecule has 0 bridgehead atoms. The van der Waals surface area contributed by atoms with Crippen LogP contribution in [-0.2, 0) is 0 Å². The predicted molar refractivity (Wildman–Crippen MR) is 58.8 cm³/mol. The highest BCUT2D eigenvalue weighted by Gasteiger charge is 2.29. The summed E-state index contributed by atoms with van der Waals surface area (Å²) in [6, 6.07) is 0.633. The second-order valence-electron chi connectivity index (χ2n) is 5.32. The third-order valence-electron chi connectivity index (χ3n) is 2.77. The molecule has 0 saturated carbocycles. The number of hydrogen-bond acceptors (Lipinski definition) is 1. The molecule has 0 fully saturated rings. The first-order chi connectivity index (χ1) is 5.93. The molecule has 0 aromatic rings. The summed E-state index contributed by atoms with van der Waals surface area (Å²) < 4.78 is 0. The van der Waals surface area contributed by atoms with E-state index in [1.54, 1.807) is 0 Å². The van der Waals surface area contributed by atoms with Crippen molar-refractivity contribution in [2.24, 2.45) is 5.92 Å². The number of rotatable bonds is 1. The lowest BCUT2D eigenvalue weighted by Gasteiger charge is -2.44. The number of hydrogen-bond donors (Lipinski definition) is 0. The summed E-state index contributed by atoms with van der Waals surface area (Å²) in [5, 5.41) is 0. The highest BCUT2D eigenvalue weighted by Crippen LogP contribution is 2.25. The van der Waals surface area contributed by atoms with Gasteiger partial charge in [0.15, 0.2) is 0 Å². The Morgan fingerprint density at radius 3 is 2.31 bits per heavy atom. The smallest absolute Gasteiger partial charge is 0.0306 e. The zero-order chi connectivity index (χ0) is 10.1. The molecule has 0 amide bonds. The zero-order valence-corrected chi connectivity index (χ0v) is 9.67. The molecule has 1 rings (SSSR count). The van der Waals surface area contributed by atoms with E-state index in [0.29, 0.717) is 11.6 Å². The highest BCUT2D eigenvalue weighted by atomic mass is 15.2. The molecular formula is C12H23N. The standard InChI is InChI=1S/C12H23N/c1-10(2)11-8-6-7-9-13(11)12(3,4)5/h6,8,10-11H,7,9H2,1-5H3. The summed E-state index contributed by atoms with van der Waals surface area (Å²) in [7, 11) is 0. The van der Waals surface area contributed by atoms with Gasteiger partial charge in [-0.3, -0.25) is 4.90 Å². The van der Waals surface area contributed by atoms with Crippen LogP contribution >= 0.6 is 0 Å². The maximum absolute atomic E-state index is 2.61. The molecule has 0 aliphatic carbocycles. The van der Waals surface area contributed by atoms with Crippen LogP contribution in [0.5, 0.6) is 0 Å². The molecule has 1 atom stereocenters. The summed E-state index contributed by atoms with van der Waals surface area (Å²) in [5.74, 6) is 0.718. The normalized spacial score (nSPS) is 25.5. The van der Waals surface area contributed by atoms with Crippen molar-refractivity contribution >= 4 is 0 Å². The fourth-order valence-corrected chi connectivity index (χ4v) is 2.07. The third kappa shape index (κ3) is 2.57. The summed E-state index contributed by atoms with van der Waals surface area (Å²) in [5.41, 5.74) is 0.305. The molecule has 0 radical (unpaired) electrons. The Labute approximate surface area is 82.8 Å². The van der Waals surface area contributed by atoms with Crippen LogP contribution in [0.25, 0.3) is 0 Å². The van der Waals surface area contributed by atoms with Gasteiger partial charge >= 0.3 is 0 Å². The molecule has 76 valence electrons. The van der Waals surface area contributed by atoms with Gasteiger partial charge in [0.25, 0.3) is 0 Å². The van der Waals surface area contributed by atoms with E-state index in [9.17, 15) is 0 Å². The van der Waals surface area contributed by atoms with Gasteiger partial charge in [-0.2, -0.15) is 0 Å². The third-order valence-corrected chi connectivity index (χ3v) is 2.77. The molecule has 0 saturated heterocycles. The van der Waals surface area contributed by atoms with Crippen LogP contribution in [0.4, 0.5) is 0 Å². The molecule has 0 aromatic heterocycles. The minimum absolute atomic E-state index is 0.305. The Kier molecular flexibility index (Phi) is 3.18. The van der Waals surface area contributed by atoms with Crippen molar-refractivity contribution in [3.05, 3.63) is 12.2 Å². The van der Waals surface area contributed by atoms with E-state index in [2.05, 4.69) is 51.7 Å². The van der Waals surface area contributed by atoms with Crippen molar-refractivity contribution in [3.8, 4) is 0 Å². The molecule has 0 spiro atoms. The molecule has 1 unspecified atom stereocenters. The first kappa shape index (κ1) is 10.8. The average Bonchev–Trinajstić information content (AvgIpc) is 2.03. The van der Waals surface area contributed by atoms with Crippen LogP contribution in [0, 0.1) is 5.92 Å². The van der Waals surface area contributed by atoms with Gasteiger partial charge in [0.1, 0.15) is 0 Å². The minimum atomic E-state index is 0.305.